The van der Waals surface area contributed by atoms with Crippen LogP contribution in [-0.4, -0.2) is 28.7 Å². The predicted octanol–water partition coefficient (Wildman–Crippen LogP) is 1.95. The molecule has 82 valence electrons. The summed E-state index contributed by atoms with van der Waals surface area (Å²) in [5, 5.41) is 9.85. The quantitative estimate of drug-likeness (QED) is 0.797. The summed E-state index contributed by atoms with van der Waals surface area (Å²) in [5.41, 5.74) is 2.15. The topological polar surface area (TPSA) is 23.5 Å². The minimum absolute atomic E-state index is 0.481. The van der Waals surface area contributed by atoms with Crippen molar-refractivity contribution < 1.29 is 5.11 Å². The Morgan fingerprint density at radius 1 is 1.33 bits per heavy atom. The highest BCUT2D eigenvalue weighted by Gasteiger charge is 2.30. The molecule has 1 aliphatic rings. The van der Waals surface area contributed by atoms with Gasteiger partial charge in [-0.2, -0.15) is 0 Å². The van der Waals surface area contributed by atoms with Gasteiger partial charge in [0.1, 0.15) is 0 Å². The second-order valence-electron chi connectivity index (χ2n) is 4.94. The zero-order chi connectivity index (χ0) is 10.9. The lowest BCUT2D eigenvalue weighted by molar-refractivity contribution is 0.0679. The highest BCUT2D eigenvalue weighted by atomic mass is 16.3. The first-order chi connectivity index (χ1) is 7.05. The van der Waals surface area contributed by atoms with Crippen LogP contribution < -0.4 is 0 Å². The van der Waals surface area contributed by atoms with Crippen LogP contribution in [0.4, 0.5) is 0 Å². The van der Waals surface area contributed by atoms with Gasteiger partial charge in [-0.05, 0) is 25.8 Å². The Kier molecular flexibility index (Phi) is 2.81. The molecule has 2 heteroatoms. The third-order valence-corrected chi connectivity index (χ3v) is 3.06. The molecule has 0 bridgehead atoms. The molecule has 1 aromatic carbocycles. The maximum absolute atomic E-state index is 9.85. The summed E-state index contributed by atoms with van der Waals surface area (Å²) in [6.45, 7) is 6.77. The lowest BCUT2D eigenvalue weighted by Gasteiger charge is -2.18. The molecule has 1 fully saturated rings. The molecule has 0 amide bonds. The van der Waals surface area contributed by atoms with Gasteiger partial charge in [0.2, 0.25) is 0 Å². The first-order valence-corrected chi connectivity index (χ1v) is 5.55. The minimum atomic E-state index is -0.481. The Morgan fingerprint density at radius 2 is 2.00 bits per heavy atom. The van der Waals surface area contributed by atoms with E-state index >= 15 is 0 Å². The van der Waals surface area contributed by atoms with Gasteiger partial charge in [0, 0.05) is 19.6 Å². The lowest BCUT2D eigenvalue weighted by Crippen LogP contribution is -2.29. The van der Waals surface area contributed by atoms with E-state index in [9.17, 15) is 5.11 Å². The first kappa shape index (κ1) is 10.7. The zero-order valence-electron chi connectivity index (χ0n) is 9.53. The largest absolute Gasteiger partial charge is 0.389 e. The highest BCUT2D eigenvalue weighted by Crippen LogP contribution is 2.21. The molecule has 1 heterocycles. The Balaban J connectivity index is 1.96. The van der Waals surface area contributed by atoms with E-state index in [-0.39, 0.29) is 0 Å². The molecule has 1 aromatic rings. The summed E-state index contributed by atoms with van der Waals surface area (Å²) < 4.78 is 0. The van der Waals surface area contributed by atoms with Crippen LogP contribution in [-0.2, 0) is 6.54 Å². The van der Waals surface area contributed by atoms with E-state index in [1.165, 1.54) is 11.1 Å². The number of benzene rings is 1. The maximum atomic E-state index is 9.85. The lowest BCUT2D eigenvalue weighted by atomic mass is 10.1. The summed E-state index contributed by atoms with van der Waals surface area (Å²) >= 11 is 0. The number of likely N-dealkylation sites (tertiary alicyclic amines) is 1. The van der Waals surface area contributed by atoms with Crippen LogP contribution >= 0.6 is 0 Å². The predicted molar refractivity (Wildman–Crippen MR) is 61.7 cm³/mol. The van der Waals surface area contributed by atoms with Crippen LogP contribution in [0.3, 0.4) is 0 Å². The Labute approximate surface area is 91.5 Å². The normalized spacial score (nSPS) is 27.1. The van der Waals surface area contributed by atoms with Gasteiger partial charge >= 0.3 is 0 Å². The molecule has 2 nitrogen and oxygen atoms in total. The summed E-state index contributed by atoms with van der Waals surface area (Å²) in [4.78, 5) is 2.31. The maximum Gasteiger partial charge on any atom is 0.0758 e. The van der Waals surface area contributed by atoms with Gasteiger partial charge in [-0.25, -0.2) is 0 Å². The second-order valence-corrected chi connectivity index (χ2v) is 4.94. The molecule has 0 spiro atoms. The monoisotopic (exact) mass is 205 g/mol. The van der Waals surface area contributed by atoms with Crippen LogP contribution in [0.1, 0.15) is 24.5 Å². The third kappa shape index (κ3) is 2.80. The molecule has 0 radical (unpaired) electrons. The standard InChI is InChI=1S/C13H19NO/c1-11-3-5-12(6-4-11)9-14-8-7-13(2,15)10-14/h3-6,15H,7-10H2,1-2H3. The van der Waals surface area contributed by atoms with E-state index < -0.39 is 5.60 Å². The molecule has 0 aliphatic carbocycles. The fraction of sp³-hybridized carbons (Fsp3) is 0.538. The molecule has 1 unspecified atom stereocenters. The van der Waals surface area contributed by atoms with Crippen LogP contribution in [0.25, 0.3) is 0 Å². The van der Waals surface area contributed by atoms with E-state index in [0.29, 0.717) is 0 Å². The summed E-state index contributed by atoms with van der Waals surface area (Å²) in [6, 6.07) is 8.62. The van der Waals surface area contributed by atoms with Gasteiger partial charge < -0.3 is 5.11 Å². The number of aryl methyl sites for hydroxylation is 1. The van der Waals surface area contributed by atoms with Crippen molar-refractivity contribution in [3.05, 3.63) is 35.4 Å². The van der Waals surface area contributed by atoms with E-state index in [1.807, 2.05) is 6.92 Å². The average molecular weight is 205 g/mol. The van der Waals surface area contributed by atoms with Gasteiger partial charge in [0.05, 0.1) is 5.60 Å². The van der Waals surface area contributed by atoms with Crippen molar-refractivity contribution in [1.82, 2.24) is 4.90 Å². The van der Waals surface area contributed by atoms with Gasteiger partial charge in [-0.3, -0.25) is 4.90 Å². The molecular weight excluding hydrogens is 186 g/mol. The van der Waals surface area contributed by atoms with Gasteiger partial charge in [0.15, 0.2) is 0 Å². The van der Waals surface area contributed by atoms with Crippen molar-refractivity contribution in [1.29, 1.82) is 0 Å². The van der Waals surface area contributed by atoms with Crippen LogP contribution in [0.2, 0.25) is 0 Å². The van der Waals surface area contributed by atoms with Gasteiger partial charge in [0.25, 0.3) is 0 Å². The minimum Gasteiger partial charge on any atom is -0.389 e. The van der Waals surface area contributed by atoms with Crippen molar-refractivity contribution in [2.45, 2.75) is 32.4 Å². The summed E-state index contributed by atoms with van der Waals surface area (Å²) in [6.07, 6.45) is 0.888. The van der Waals surface area contributed by atoms with Crippen LogP contribution in [0.5, 0.6) is 0 Å². The van der Waals surface area contributed by atoms with Crippen molar-refractivity contribution in [3.63, 3.8) is 0 Å². The van der Waals surface area contributed by atoms with E-state index in [1.54, 1.807) is 0 Å². The summed E-state index contributed by atoms with van der Waals surface area (Å²) in [7, 11) is 0. The number of nitrogens with zero attached hydrogens (tertiary/aromatic N) is 1. The number of hydrogen-bond donors (Lipinski definition) is 1. The number of β-amino-alcohol motifs (C(OH)–C–C–N with tert-alkyl or cyclic N) is 1. The SMILES string of the molecule is Cc1ccc(CN2CCC(C)(O)C2)cc1. The molecular formula is C13H19NO. The number of hydrogen-bond acceptors (Lipinski definition) is 2. The molecule has 1 atom stereocenters. The second kappa shape index (κ2) is 3.95. The van der Waals surface area contributed by atoms with Crippen molar-refractivity contribution in [3.8, 4) is 0 Å². The molecule has 1 aliphatic heterocycles. The Morgan fingerprint density at radius 3 is 2.53 bits per heavy atom. The third-order valence-electron chi connectivity index (χ3n) is 3.06. The Hall–Kier alpha value is -0.860. The number of rotatable bonds is 2. The van der Waals surface area contributed by atoms with Crippen LogP contribution in [0.15, 0.2) is 24.3 Å². The molecule has 1 N–H and O–H groups in total. The van der Waals surface area contributed by atoms with Crippen molar-refractivity contribution in [2.24, 2.45) is 0 Å². The van der Waals surface area contributed by atoms with E-state index in [2.05, 4.69) is 36.1 Å². The van der Waals surface area contributed by atoms with Gasteiger partial charge in [-0.15, -0.1) is 0 Å². The summed E-state index contributed by atoms with van der Waals surface area (Å²) in [5.74, 6) is 0. The fourth-order valence-corrected chi connectivity index (χ4v) is 2.13. The average Bonchev–Trinajstić information content (AvgIpc) is 2.50. The Bertz CT molecular complexity index is 329. The number of aliphatic hydroxyl groups is 1. The molecule has 0 aromatic heterocycles. The van der Waals surface area contributed by atoms with Crippen LogP contribution in [0, 0.1) is 6.92 Å². The molecule has 1 saturated heterocycles. The van der Waals surface area contributed by atoms with E-state index in [4.69, 9.17) is 0 Å². The molecule has 0 saturated carbocycles. The smallest absolute Gasteiger partial charge is 0.0758 e. The first-order valence-electron chi connectivity index (χ1n) is 5.55. The molecule has 15 heavy (non-hydrogen) atoms. The highest BCUT2D eigenvalue weighted by molar-refractivity contribution is 5.21. The fourth-order valence-electron chi connectivity index (χ4n) is 2.13. The van der Waals surface area contributed by atoms with Crippen molar-refractivity contribution >= 4 is 0 Å². The zero-order valence-corrected chi connectivity index (χ0v) is 9.53. The molecule has 2 rings (SSSR count). The van der Waals surface area contributed by atoms with Crippen molar-refractivity contribution in [2.75, 3.05) is 13.1 Å². The van der Waals surface area contributed by atoms with E-state index in [0.717, 1.165) is 26.1 Å². The van der Waals surface area contributed by atoms with Gasteiger partial charge in [-0.1, -0.05) is 29.8 Å².